The number of nitrogens with one attached hydrogen (secondary N) is 2. The topological polar surface area (TPSA) is 125 Å². The minimum absolute atomic E-state index is 0.0732. The fraction of sp³-hybridized carbons (Fsp3) is 0.182. The van der Waals surface area contributed by atoms with Crippen molar-refractivity contribution < 1.29 is 18.3 Å². The van der Waals surface area contributed by atoms with Gasteiger partial charge in [0.2, 0.25) is 10.0 Å². The van der Waals surface area contributed by atoms with Gasteiger partial charge in [-0.05, 0) is 24.6 Å². The second-order valence-electron chi connectivity index (χ2n) is 4.14. The summed E-state index contributed by atoms with van der Waals surface area (Å²) in [6.45, 7) is 1.52. The van der Waals surface area contributed by atoms with E-state index < -0.39 is 16.0 Å². The zero-order valence-electron chi connectivity index (χ0n) is 10.8. The first kappa shape index (κ1) is 15.6. The van der Waals surface area contributed by atoms with Crippen molar-refractivity contribution in [1.82, 2.24) is 19.9 Å². The normalized spacial score (nSPS) is 11.5. The number of aromatic carboxylic acids is 1. The molecule has 1 aromatic carbocycles. The van der Waals surface area contributed by atoms with E-state index in [1.165, 1.54) is 12.4 Å². The second-order valence-corrected chi connectivity index (χ2v) is 6.76. The zero-order chi connectivity index (χ0) is 15.6. The number of hydrogen-bond acceptors (Lipinski definition) is 5. The average molecular weight is 375 g/mol. The number of halogens is 1. The number of carboxylic acids is 1. The predicted molar refractivity (Wildman–Crippen MR) is 76.2 cm³/mol. The van der Waals surface area contributed by atoms with E-state index in [0.717, 1.165) is 6.07 Å². The number of H-pyrrole nitrogens is 1. The highest BCUT2D eigenvalue weighted by molar-refractivity contribution is 9.10. The Morgan fingerprint density at radius 2 is 2.19 bits per heavy atom. The van der Waals surface area contributed by atoms with Crippen LogP contribution in [0.1, 0.15) is 21.7 Å². The summed E-state index contributed by atoms with van der Waals surface area (Å²) in [5.41, 5.74) is 0.376. The molecule has 0 spiro atoms. The Morgan fingerprint density at radius 1 is 1.48 bits per heavy atom. The third-order valence-electron chi connectivity index (χ3n) is 2.75. The molecule has 1 heterocycles. The van der Waals surface area contributed by atoms with E-state index >= 15 is 0 Å². The highest BCUT2D eigenvalue weighted by Crippen LogP contribution is 2.25. The van der Waals surface area contributed by atoms with Gasteiger partial charge in [0.1, 0.15) is 12.2 Å². The molecule has 21 heavy (non-hydrogen) atoms. The van der Waals surface area contributed by atoms with E-state index in [0.29, 0.717) is 15.9 Å². The van der Waals surface area contributed by atoms with Crippen LogP contribution < -0.4 is 4.72 Å². The van der Waals surface area contributed by atoms with Crippen molar-refractivity contribution in [3.05, 3.63) is 39.9 Å². The molecule has 0 aliphatic carbocycles. The van der Waals surface area contributed by atoms with E-state index in [2.05, 4.69) is 35.8 Å². The predicted octanol–water partition coefficient (Wildman–Crippen LogP) is 1.05. The fourth-order valence-electron chi connectivity index (χ4n) is 1.59. The van der Waals surface area contributed by atoms with Crippen LogP contribution in [0.5, 0.6) is 0 Å². The minimum atomic E-state index is -3.86. The molecule has 8 nitrogen and oxygen atoms in total. The summed E-state index contributed by atoms with van der Waals surface area (Å²) in [4.78, 5) is 14.8. The fourth-order valence-corrected chi connectivity index (χ4v) is 3.25. The largest absolute Gasteiger partial charge is 0.478 e. The Kier molecular flexibility index (Phi) is 4.40. The van der Waals surface area contributed by atoms with Crippen molar-refractivity contribution in [3.63, 3.8) is 0 Å². The van der Waals surface area contributed by atoms with Crippen molar-refractivity contribution in [2.75, 3.05) is 0 Å². The maximum Gasteiger partial charge on any atom is 0.336 e. The molecule has 0 aliphatic heterocycles. The molecule has 0 radical (unpaired) electrons. The van der Waals surface area contributed by atoms with Gasteiger partial charge in [-0.3, -0.25) is 5.10 Å². The number of carbonyl (C=O) groups is 1. The molecule has 0 unspecified atom stereocenters. The molecule has 0 saturated heterocycles. The van der Waals surface area contributed by atoms with Crippen LogP contribution in [0.2, 0.25) is 0 Å². The van der Waals surface area contributed by atoms with E-state index in [-0.39, 0.29) is 17.0 Å². The number of rotatable bonds is 5. The van der Waals surface area contributed by atoms with Crippen LogP contribution >= 0.6 is 15.9 Å². The van der Waals surface area contributed by atoms with Gasteiger partial charge in [0.25, 0.3) is 0 Å². The molecule has 0 aliphatic rings. The van der Waals surface area contributed by atoms with Crippen LogP contribution in [0.15, 0.2) is 27.8 Å². The van der Waals surface area contributed by atoms with Crippen molar-refractivity contribution in [1.29, 1.82) is 0 Å². The number of nitrogens with zero attached hydrogens (tertiary/aromatic N) is 2. The lowest BCUT2D eigenvalue weighted by atomic mass is 10.1. The first-order chi connectivity index (χ1) is 9.81. The van der Waals surface area contributed by atoms with Gasteiger partial charge in [0.05, 0.1) is 17.0 Å². The molecule has 2 rings (SSSR count). The Balaban J connectivity index is 2.33. The number of sulfonamides is 1. The van der Waals surface area contributed by atoms with Crippen molar-refractivity contribution in [2.24, 2.45) is 0 Å². The minimum Gasteiger partial charge on any atom is -0.478 e. The van der Waals surface area contributed by atoms with Gasteiger partial charge >= 0.3 is 5.97 Å². The van der Waals surface area contributed by atoms with E-state index in [1.807, 2.05) is 0 Å². The number of aromatic amines is 1. The smallest absolute Gasteiger partial charge is 0.336 e. The molecule has 0 fully saturated rings. The molecule has 0 atom stereocenters. The van der Waals surface area contributed by atoms with Crippen LogP contribution in [-0.4, -0.2) is 34.7 Å². The van der Waals surface area contributed by atoms with Crippen LogP contribution in [0.4, 0.5) is 0 Å². The van der Waals surface area contributed by atoms with E-state index in [1.54, 1.807) is 6.92 Å². The van der Waals surface area contributed by atoms with Crippen LogP contribution in [0, 0.1) is 6.92 Å². The van der Waals surface area contributed by atoms with Crippen LogP contribution in [0.3, 0.4) is 0 Å². The summed E-state index contributed by atoms with van der Waals surface area (Å²) in [5, 5.41) is 15.2. The third kappa shape index (κ3) is 3.46. The van der Waals surface area contributed by atoms with Gasteiger partial charge in [-0.1, -0.05) is 15.9 Å². The number of aromatic nitrogens is 3. The van der Waals surface area contributed by atoms with Crippen molar-refractivity contribution in [3.8, 4) is 0 Å². The Labute approximate surface area is 128 Å². The molecular weight excluding hydrogens is 364 g/mol. The lowest BCUT2D eigenvalue weighted by molar-refractivity contribution is 0.0695. The summed E-state index contributed by atoms with van der Waals surface area (Å²) >= 11 is 3.16. The van der Waals surface area contributed by atoms with Gasteiger partial charge in [0.15, 0.2) is 0 Å². The number of hydrogen-bond donors (Lipinski definition) is 3. The third-order valence-corrected chi connectivity index (χ3v) is 4.96. The van der Waals surface area contributed by atoms with Crippen molar-refractivity contribution >= 4 is 31.9 Å². The van der Waals surface area contributed by atoms with Crippen LogP contribution in [0.25, 0.3) is 0 Å². The maximum atomic E-state index is 12.2. The van der Waals surface area contributed by atoms with E-state index in [9.17, 15) is 13.2 Å². The molecule has 10 heteroatoms. The van der Waals surface area contributed by atoms with Crippen molar-refractivity contribution in [2.45, 2.75) is 18.4 Å². The van der Waals surface area contributed by atoms with Gasteiger partial charge in [-0.25, -0.2) is 22.9 Å². The van der Waals surface area contributed by atoms with E-state index in [4.69, 9.17) is 5.11 Å². The van der Waals surface area contributed by atoms with Crippen LogP contribution in [-0.2, 0) is 16.6 Å². The Hall–Kier alpha value is -1.78. The van der Waals surface area contributed by atoms with Gasteiger partial charge in [0, 0.05) is 4.47 Å². The molecule has 0 bridgehead atoms. The standard InChI is InChI=1S/C11H11BrN4O4S/c1-6-8(11(17)18)2-7(3-9(6)12)21(19,20)15-4-10-13-5-14-16-10/h2-3,5,15H,4H2,1H3,(H,17,18)(H,13,14,16). The molecule has 0 amide bonds. The summed E-state index contributed by atoms with van der Waals surface area (Å²) in [6, 6.07) is 2.47. The Bertz CT molecular complexity index is 774. The van der Waals surface area contributed by atoms with Gasteiger partial charge in [-0.15, -0.1) is 0 Å². The van der Waals surface area contributed by atoms with Gasteiger partial charge < -0.3 is 5.11 Å². The first-order valence-corrected chi connectivity index (χ1v) is 7.96. The maximum absolute atomic E-state index is 12.2. The summed E-state index contributed by atoms with van der Waals surface area (Å²) in [7, 11) is -3.86. The second kappa shape index (κ2) is 5.92. The molecule has 1 aromatic heterocycles. The summed E-state index contributed by atoms with van der Waals surface area (Å²) < 4.78 is 27.1. The average Bonchev–Trinajstić information content (AvgIpc) is 2.92. The molecule has 3 N–H and O–H groups in total. The molecule has 0 saturated carbocycles. The highest BCUT2D eigenvalue weighted by Gasteiger charge is 2.20. The lowest BCUT2D eigenvalue weighted by Gasteiger charge is -2.09. The molecular formula is C11H11BrN4O4S. The SMILES string of the molecule is Cc1c(Br)cc(S(=O)(=O)NCc2ncn[nH]2)cc1C(=O)O. The monoisotopic (exact) mass is 374 g/mol. The lowest BCUT2D eigenvalue weighted by Crippen LogP contribution is -2.24. The molecule has 2 aromatic rings. The summed E-state index contributed by atoms with van der Waals surface area (Å²) in [6.07, 6.45) is 1.26. The quantitative estimate of drug-likeness (QED) is 0.718. The summed E-state index contributed by atoms with van der Waals surface area (Å²) in [5.74, 6) is -0.844. The number of benzene rings is 1. The first-order valence-electron chi connectivity index (χ1n) is 5.68. The Morgan fingerprint density at radius 3 is 2.76 bits per heavy atom. The highest BCUT2D eigenvalue weighted by atomic mass is 79.9. The number of carboxylic acid groups (broad SMARTS) is 1. The molecule has 112 valence electrons. The zero-order valence-corrected chi connectivity index (χ0v) is 13.2. The van der Waals surface area contributed by atoms with Gasteiger partial charge in [-0.2, -0.15) is 5.10 Å².